The van der Waals surface area contributed by atoms with Gasteiger partial charge in [-0.05, 0) is 72.8 Å². The van der Waals surface area contributed by atoms with E-state index in [-0.39, 0.29) is 17.4 Å². The fraction of sp³-hybridized carbons (Fsp3) is 0.111. The van der Waals surface area contributed by atoms with Crippen molar-refractivity contribution in [2.75, 3.05) is 37.7 Å². The second-order valence-electron chi connectivity index (χ2n) is 10.0. The van der Waals surface area contributed by atoms with Crippen molar-refractivity contribution in [2.24, 2.45) is 0 Å². The molecule has 0 spiro atoms. The van der Waals surface area contributed by atoms with E-state index in [1.807, 2.05) is 29.6 Å². The summed E-state index contributed by atoms with van der Waals surface area (Å²) in [5.74, 6) is 0.646. The smallest absolute Gasteiger partial charge is 0.272 e. The molecular formula is C36H32N4O6S2. The Labute approximate surface area is 286 Å². The molecule has 0 radical (unpaired) electrons. The molecular weight excluding hydrogens is 649 g/mol. The number of thiazole rings is 1. The molecule has 0 atom stereocenters. The lowest BCUT2D eigenvalue weighted by Gasteiger charge is -2.14. The van der Waals surface area contributed by atoms with E-state index in [1.54, 1.807) is 79.9 Å². The van der Waals surface area contributed by atoms with E-state index in [2.05, 4.69) is 20.9 Å². The van der Waals surface area contributed by atoms with Gasteiger partial charge in [0, 0.05) is 32.7 Å². The van der Waals surface area contributed by atoms with E-state index in [0.29, 0.717) is 33.4 Å². The van der Waals surface area contributed by atoms with Crippen LogP contribution in [0, 0.1) is 0 Å². The molecule has 0 unspecified atom stereocenters. The van der Waals surface area contributed by atoms with Crippen LogP contribution < -0.4 is 30.2 Å². The summed E-state index contributed by atoms with van der Waals surface area (Å²) in [6.07, 6.45) is 1.53. The highest BCUT2D eigenvalue weighted by molar-refractivity contribution is 8.00. The Morgan fingerprint density at radius 2 is 1.56 bits per heavy atom. The van der Waals surface area contributed by atoms with Crippen LogP contribution in [0.2, 0.25) is 0 Å². The number of anilines is 2. The van der Waals surface area contributed by atoms with Gasteiger partial charge in [0.1, 0.15) is 11.4 Å². The highest BCUT2D eigenvalue weighted by atomic mass is 32.2. The molecule has 48 heavy (non-hydrogen) atoms. The van der Waals surface area contributed by atoms with Gasteiger partial charge in [-0.1, -0.05) is 30.3 Å². The molecule has 1 heterocycles. The molecule has 3 amide bonds. The Morgan fingerprint density at radius 1 is 0.812 bits per heavy atom. The van der Waals surface area contributed by atoms with Crippen LogP contribution in [0.3, 0.4) is 0 Å². The van der Waals surface area contributed by atoms with Crippen LogP contribution >= 0.6 is 23.1 Å². The van der Waals surface area contributed by atoms with Crippen molar-refractivity contribution in [1.29, 1.82) is 0 Å². The van der Waals surface area contributed by atoms with Crippen molar-refractivity contribution in [3.63, 3.8) is 0 Å². The Bertz CT molecular complexity index is 1910. The van der Waals surface area contributed by atoms with Gasteiger partial charge in [0.05, 0.1) is 32.8 Å². The van der Waals surface area contributed by atoms with Crippen molar-refractivity contribution < 1.29 is 28.6 Å². The van der Waals surface area contributed by atoms with Crippen LogP contribution in [-0.4, -0.2) is 49.8 Å². The van der Waals surface area contributed by atoms with Crippen LogP contribution in [0.25, 0.3) is 17.3 Å². The maximum absolute atomic E-state index is 13.5. The first-order chi connectivity index (χ1) is 23.4. The van der Waals surface area contributed by atoms with Crippen molar-refractivity contribution in [2.45, 2.75) is 4.90 Å². The highest BCUT2D eigenvalue weighted by Gasteiger charge is 2.18. The number of amides is 3. The van der Waals surface area contributed by atoms with Gasteiger partial charge < -0.3 is 30.2 Å². The zero-order chi connectivity index (χ0) is 33.9. The fourth-order valence-electron chi connectivity index (χ4n) is 4.49. The predicted octanol–water partition coefficient (Wildman–Crippen LogP) is 6.98. The molecule has 0 aliphatic carbocycles. The maximum Gasteiger partial charge on any atom is 0.272 e. The number of nitrogens with one attached hydrogen (secondary N) is 3. The number of rotatable bonds is 13. The molecule has 244 valence electrons. The molecule has 0 aliphatic rings. The number of carbonyl (C=O) groups excluding carboxylic acids is 3. The Morgan fingerprint density at radius 3 is 2.25 bits per heavy atom. The first-order valence-corrected chi connectivity index (χ1v) is 16.5. The average Bonchev–Trinajstić information content (AvgIpc) is 3.59. The zero-order valence-corrected chi connectivity index (χ0v) is 27.9. The maximum atomic E-state index is 13.5. The molecule has 4 aromatic carbocycles. The number of thioether (sulfide) groups is 1. The zero-order valence-electron chi connectivity index (χ0n) is 26.3. The second-order valence-corrected chi connectivity index (χ2v) is 11.9. The lowest BCUT2D eigenvalue weighted by molar-refractivity contribution is -0.114. The summed E-state index contributed by atoms with van der Waals surface area (Å²) < 4.78 is 16.1. The van der Waals surface area contributed by atoms with E-state index in [4.69, 9.17) is 14.2 Å². The number of para-hydroxylation sites is 1. The summed E-state index contributed by atoms with van der Waals surface area (Å²) in [5, 5.41) is 10.8. The number of methoxy groups -OCH3 is 3. The number of nitrogens with zero attached hydrogens (tertiary/aromatic N) is 1. The van der Waals surface area contributed by atoms with Crippen molar-refractivity contribution in [3.8, 4) is 28.5 Å². The van der Waals surface area contributed by atoms with Crippen LogP contribution in [-0.2, 0) is 9.59 Å². The number of hydrogen-bond donors (Lipinski definition) is 3. The Balaban J connectivity index is 1.22. The molecule has 12 heteroatoms. The van der Waals surface area contributed by atoms with Crippen LogP contribution in [0.5, 0.6) is 17.2 Å². The summed E-state index contributed by atoms with van der Waals surface area (Å²) in [6, 6.07) is 28.4. The molecule has 0 bridgehead atoms. The van der Waals surface area contributed by atoms with Gasteiger partial charge in [0.2, 0.25) is 5.91 Å². The molecule has 0 fully saturated rings. The third kappa shape index (κ3) is 8.81. The van der Waals surface area contributed by atoms with E-state index < -0.39 is 11.8 Å². The summed E-state index contributed by atoms with van der Waals surface area (Å²) in [5.41, 5.74) is 3.13. The van der Waals surface area contributed by atoms with Gasteiger partial charge in [-0.3, -0.25) is 14.4 Å². The Kier molecular flexibility index (Phi) is 11.5. The van der Waals surface area contributed by atoms with Gasteiger partial charge in [-0.25, -0.2) is 4.98 Å². The largest absolute Gasteiger partial charge is 0.497 e. The number of ether oxygens (including phenoxy) is 3. The Hall–Kier alpha value is -5.59. The quantitative estimate of drug-likeness (QED) is 0.0899. The number of benzene rings is 4. The number of carbonyl (C=O) groups is 3. The molecule has 0 saturated heterocycles. The number of hydrogen-bond acceptors (Lipinski definition) is 9. The predicted molar refractivity (Wildman–Crippen MR) is 190 cm³/mol. The topological polar surface area (TPSA) is 128 Å². The van der Waals surface area contributed by atoms with Gasteiger partial charge in [0.15, 0.2) is 16.6 Å². The van der Waals surface area contributed by atoms with Crippen LogP contribution in [0.1, 0.15) is 15.9 Å². The van der Waals surface area contributed by atoms with Crippen LogP contribution in [0.15, 0.2) is 113 Å². The SMILES string of the molecule is COc1ccc(-c2csc(NC(=O)CSc3ccc(NC(=O)/C(=C/c4cccc(OC)c4OC)NC(=O)c4ccccc4)cc3)n2)cc1. The van der Waals surface area contributed by atoms with Crippen molar-refractivity contribution in [1.82, 2.24) is 10.3 Å². The van der Waals surface area contributed by atoms with Crippen molar-refractivity contribution in [3.05, 3.63) is 119 Å². The molecule has 0 aliphatic heterocycles. The lowest BCUT2D eigenvalue weighted by atomic mass is 10.1. The second kappa shape index (κ2) is 16.3. The van der Waals surface area contributed by atoms with E-state index >= 15 is 0 Å². The standard InChI is InChI=1S/C36H32N4O6S2/c1-44-27-16-12-23(13-17-27)30-21-48-36(39-30)40-32(41)22-47-28-18-14-26(15-19-28)37-35(43)29(38-34(42)24-8-5-4-6-9-24)20-25-10-7-11-31(45-2)33(25)46-3/h4-21H,22H2,1-3H3,(H,37,43)(H,38,42)(H,39,40,41)/b29-20-. The van der Waals surface area contributed by atoms with E-state index in [9.17, 15) is 14.4 Å². The first kappa shape index (κ1) is 33.8. The molecule has 5 rings (SSSR count). The summed E-state index contributed by atoms with van der Waals surface area (Å²) in [7, 11) is 4.63. The number of aromatic nitrogens is 1. The molecule has 1 aromatic heterocycles. The summed E-state index contributed by atoms with van der Waals surface area (Å²) in [6.45, 7) is 0. The minimum absolute atomic E-state index is 0.00265. The van der Waals surface area contributed by atoms with Gasteiger partial charge in [-0.2, -0.15) is 0 Å². The van der Waals surface area contributed by atoms with Gasteiger partial charge in [-0.15, -0.1) is 23.1 Å². The minimum Gasteiger partial charge on any atom is -0.497 e. The van der Waals surface area contributed by atoms with Crippen LogP contribution in [0.4, 0.5) is 10.8 Å². The fourth-order valence-corrected chi connectivity index (χ4v) is 5.92. The third-order valence-electron chi connectivity index (χ3n) is 6.88. The minimum atomic E-state index is -0.540. The van der Waals surface area contributed by atoms with Crippen molar-refractivity contribution >= 4 is 57.7 Å². The highest BCUT2D eigenvalue weighted by Crippen LogP contribution is 2.32. The average molecular weight is 681 g/mol. The van der Waals surface area contributed by atoms with E-state index in [0.717, 1.165) is 21.9 Å². The normalized spacial score (nSPS) is 10.9. The first-order valence-electron chi connectivity index (χ1n) is 14.6. The molecule has 5 aromatic rings. The summed E-state index contributed by atoms with van der Waals surface area (Å²) >= 11 is 2.70. The molecule has 10 nitrogen and oxygen atoms in total. The van der Waals surface area contributed by atoms with Gasteiger partial charge in [0.25, 0.3) is 11.8 Å². The monoisotopic (exact) mass is 680 g/mol. The lowest BCUT2D eigenvalue weighted by Crippen LogP contribution is -2.30. The van der Waals surface area contributed by atoms with Gasteiger partial charge >= 0.3 is 0 Å². The third-order valence-corrected chi connectivity index (χ3v) is 8.65. The molecule has 3 N–H and O–H groups in total. The molecule has 0 saturated carbocycles. The van der Waals surface area contributed by atoms with E-state index in [1.165, 1.54) is 43.4 Å². The summed E-state index contributed by atoms with van der Waals surface area (Å²) in [4.78, 5) is 44.5.